The molecule has 1 atom stereocenters. The van der Waals surface area contributed by atoms with Gasteiger partial charge in [-0.25, -0.2) is 8.42 Å². The highest BCUT2D eigenvalue weighted by molar-refractivity contribution is 7.90. The number of piperazine rings is 1. The molecule has 7 nitrogen and oxygen atoms in total. The highest BCUT2D eigenvalue weighted by atomic mass is 32.2. The van der Waals surface area contributed by atoms with E-state index in [1.807, 2.05) is 6.92 Å². The molecular weight excluding hydrogens is 374 g/mol. The van der Waals surface area contributed by atoms with Crippen molar-refractivity contribution in [1.29, 1.82) is 0 Å². The van der Waals surface area contributed by atoms with Crippen molar-refractivity contribution in [3.8, 4) is 0 Å². The minimum absolute atomic E-state index is 0.0342. The average molecular weight is 410 g/mol. The normalized spacial score (nSPS) is 18.1. The van der Waals surface area contributed by atoms with E-state index in [1.54, 1.807) is 7.05 Å². The fourth-order valence-corrected chi connectivity index (χ4v) is 3.89. The summed E-state index contributed by atoms with van der Waals surface area (Å²) in [7, 11) is 0.954. The van der Waals surface area contributed by atoms with E-state index in [4.69, 9.17) is 0 Å². The van der Waals surface area contributed by atoms with Crippen LogP contribution in [-0.4, -0.2) is 82.5 Å². The number of hydrogen-bond donors (Lipinski definition) is 2. The standard InChI is InChI=1S/C20H35N5O2S/c1-17(9-14-28(4,26)27)23-20(21-2)22-15-18-5-7-19(8-6-18)16-25-12-10-24(3)11-13-25/h5-8,17H,9-16H2,1-4H3,(H2,21,22,23). The van der Waals surface area contributed by atoms with Crippen molar-refractivity contribution in [2.75, 3.05) is 52.3 Å². The van der Waals surface area contributed by atoms with Gasteiger partial charge in [-0.05, 0) is 31.5 Å². The van der Waals surface area contributed by atoms with Gasteiger partial charge in [-0.2, -0.15) is 0 Å². The molecule has 1 heterocycles. The van der Waals surface area contributed by atoms with Gasteiger partial charge in [0.1, 0.15) is 9.84 Å². The molecule has 0 saturated carbocycles. The second kappa shape index (κ2) is 10.8. The molecule has 0 spiro atoms. The van der Waals surface area contributed by atoms with Crippen molar-refractivity contribution in [1.82, 2.24) is 20.4 Å². The Hall–Kier alpha value is -1.64. The Kier molecular flexibility index (Phi) is 8.72. The van der Waals surface area contributed by atoms with Crippen LogP contribution in [0.5, 0.6) is 0 Å². The lowest BCUT2D eigenvalue weighted by Crippen LogP contribution is -2.43. The molecule has 28 heavy (non-hydrogen) atoms. The summed E-state index contributed by atoms with van der Waals surface area (Å²) < 4.78 is 22.6. The molecule has 0 aliphatic carbocycles. The molecule has 1 aliphatic heterocycles. The van der Waals surface area contributed by atoms with Gasteiger partial charge in [0, 0.05) is 58.6 Å². The lowest BCUT2D eigenvalue weighted by molar-refractivity contribution is 0.148. The van der Waals surface area contributed by atoms with Crippen LogP contribution < -0.4 is 10.6 Å². The highest BCUT2D eigenvalue weighted by Gasteiger charge is 2.14. The molecule has 1 aliphatic rings. The third-order valence-electron chi connectivity index (χ3n) is 5.01. The Bertz CT molecular complexity index is 725. The maximum Gasteiger partial charge on any atom is 0.191 e. The summed E-state index contributed by atoms with van der Waals surface area (Å²) in [6, 6.07) is 8.73. The van der Waals surface area contributed by atoms with E-state index >= 15 is 0 Å². The van der Waals surface area contributed by atoms with Gasteiger partial charge in [-0.1, -0.05) is 24.3 Å². The van der Waals surface area contributed by atoms with Crippen LogP contribution in [0.3, 0.4) is 0 Å². The van der Waals surface area contributed by atoms with Crippen molar-refractivity contribution in [2.24, 2.45) is 4.99 Å². The lowest BCUT2D eigenvalue weighted by Gasteiger charge is -2.32. The van der Waals surface area contributed by atoms with Crippen molar-refractivity contribution < 1.29 is 8.42 Å². The van der Waals surface area contributed by atoms with Crippen LogP contribution in [0.2, 0.25) is 0 Å². The number of benzene rings is 1. The number of hydrogen-bond acceptors (Lipinski definition) is 5. The number of sulfone groups is 1. The quantitative estimate of drug-likeness (QED) is 0.491. The van der Waals surface area contributed by atoms with Gasteiger partial charge in [0.05, 0.1) is 5.75 Å². The molecule has 158 valence electrons. The highest BCUT2D eigenvalue weighted by Crippen LogP contribution is 2.09. The average Bonchev–Trinajstić information content (AvgIpc) is 2.66. The SMILES string of the molecule is CN=C(NCc1ccc(CN2CCN(C)CC2)cc1)NC(C)CCS(C)(=O)=O. The minimum Gasteiger partial charge on any atom is -0.354 e. The van der Waals surface area contributed by atoms with Gasteiger partial charge >= 0.3 is 0 Å². The molecule has 1 aromatic rings. The van der Waals surface area contributed by atoms with Crippen LogP contribution in [0, 0.1) is 0 Å². The first-order valence-electron chi connectivity index (χ1n) is 9.89. The summed E-state index contributed by atoms with van der Waals surface area (Å²) in [5.41, 5.74) is 2.53. The topological polar surface area (TPSA) is 77.0 Å². The third kappa shape index (κ3) is 8.58. The van der Waals surface area contributed by atoms with Crippen LogP contribution in [0.1, 0.15) is 24.5 Å². The number of nitrogens with zero attached hydrogens (tertiary/aromatic N) is 3. The second-order valence-electron chi connectivity index (χ2n) is 7.79. The van der Waals surface area contributed by atoms with Crippen molar-refractivity contribution in [3.05, 3.63) is 35.4 Å². The monoisotopic (exact) mass is 409 g/mol. The smallest absolute Gasteiger partial charge is 0.191 e. The molecule has 1 unspecified atom stereocenters. The zero-order valence-electron chi connectivity index (χ0n) is 17.6. The van der Waals surface area contributed by atoms with E-state index < -0.39 is 9.84 Å². The van der Waals surface area contributed by atoms with Gasteiger partial charge in [0.2, 0.25) is 0 Å². The molecular formula is C20H35N5O2S. The maximum atomic E-state index is 11.3. The summed E-state index contributed by atoms with van der Waals surface area (Å²) in [6.45, 7) is 8.16. The predicted molar refractivity (Wildman–Crippen MR) is 116 cm³/mol. The Morgan fingerprint density at radius 1 is 1.14 bits per heavy atom. The Labute approximate surface area is 170 Å². The van der Waals surface area contributed by atoms with E-state index in [-0.39, 0.29) is 11.8 Å². The number of nitrogens with one attached hydrogen (secondary N) is 2. The molecule has 0 amide bonds. The van der Waals surface area contributed by atoms with Crippen molar-refractivity contribution >= 4 is 15.8 Å². The van der Waals surface area contributed by atoms with Gasteiger partial charge in [0.15, 0.2) is 5.96 Å². The first kappa shape index (κ1) is 22.6. The van der Waals surface area contributed by atoms with Gasteiger partial charge in [-0.15, -0.1) is 0 Å². The summed E-state index contributed by atoms with van der Waals surface area (Å²) in [5, 5.41) is 6.54. The molecule has 1 aromatic carbocycles. The minimum atomic E-state index is -2.94. The zero-order chi connectivity index (χ0) is 20.6. The van der Waals surface area contributed by atoms with Gasteiger partial charge in [-0.3, -0.25) is 9.89 Å². The molecule has 2 rings (SSSR count). The summed E-state index contributed by atoms with van der Waals surface area (Å²) >= 11 is 0. The van der Waals surface area contributed by atoms with E-state index in [9.17, 15) is 8.42 Å². The molecule has 0 bridgehead atoms. The van der Waals surface area contributed by atoms with Crippen LogP contribution in [0.25, 0.3) is 0 Å². The second-order valence-corrected chi connectivity index (χ2v) is 10.0. The summed E-state index contributed by atoms with van der Waals surface area (Å²) in [6.07, 6.45) is 1.82. The van der Waals surface area contributed by atoms with E-state index in [0.29, 0.717) is 18.9 Å². The molecule has 1 saturated heterocycles. The van der Waals surface area contributed by atoms with Crippen LogP contribution in [0.15, 0.2) is 29.3 Å². The van der Waals surface area contributed by atoms with Gasteiger partial charge in [0.25, 0.3) is 0 Å². The number of rotatable bonds is 8. The van der Waals surface area contributed by atoms with E-state index in [2.05, 4.69) is 56.7 Å². The maximum absolute atomic E-state index is 11.3. The van der Waals surface area contributed by atoms with E-state index in [0.717, 1.165) is 32.7 Å². The number of likely N-dealkylation sites (N-methyl/N-ethyl adjacent to an activating group) is 1. The van der Waals surface area contributed by atoms with E-state index in [1.165, 1.54) is 17.4 Å². The first-order chi connectivity index (χ1) is 13.2. The largest absolute Gasteiger partial charge is 0.354 e. The molecule has 0 radical (unpaired) electrons. The van der Waals surface area contributed by atoms with Crippen molar-refractivity contribution in [2.45, 2.75) is 32.5 Å². The number of aliphatic imine (C=N–C) groups is 1. The van der Waals surface area contributed by atoms with Crippen molar-refractivity contribution in [3.63, 3.8) is 0 Å². The molecule has 0 aromatic heterocycles. The Morgan fingerprint density at radius 2 is 1.75 bits per heavy atom. The summed E-state index contributed by atoms with van der Waals surface area (Å²) in [4.78, 5) is 9.09. The fourth-order valence-electron chi connectivity index (χ4n) is 3.10. The fraction of sp³-hybridized carbons (Fsp3) is 0.650. The zero-order valence-corrected chi connectivity index (χ0v) is 18.4. The Balaban J connectivity index is 1.76. The third-order valence-corrected chi connectivity index (χ3v) is 5.99. The summed E-state index contributed by atoms with van der Waals surface area (Å²) in [5.74, 6) is 0.856. The van der Waals surface area contributed by atoms with Crippen LogP contribution >= 0.6 is 0 Å². The molecule has 2 N–H and O–H groups in total. The van der Waals surface area contributed by atoms with Crippen LogP contribution in [-0.2, 0) is 22.9 Å². The van der Waals surface area contributed by atoms with Crippen LogP contribution in [0.4, 0.5) is 0 Å². The first-order valence-corrected chi connectivity index (χ1v) is 11.9. The number of guanidine groups is 1. The predicted octanol–water partition coefficient (Wildman–Crippen LogP) is 0.922. The Morgan fingerprint density at radius 3 is 2.32 bits per heavy atom. The molecule has 8 heteroatoms. The van der Waals surface area contributed by atoms with Gasteiger partial charge < -0.3 is 15.5 Å². The molecule has 1 fully saturated rings. The lowest BCUT2D eigenvalue weighted by atomic mass is 10.1.